The van der Waals surface area contributed by atoms with Gasteiger partial charge in [0, 0.05) is 38.5 Å². The van der Waals surface area contributed by atoms with Gasteiger partial charge in [-0.2, -0.15) is 0 Å². The Morgan fingerprint density at radius 3 is 1.65 bits per heavy atom. The third-order valence-electron chi connectivity index (χ3n) is 9.68. The van der Waals surface area contributed by atoms with Crippen LogP contribution in [0.2, 0.25) is 0 Å². The molecule has 5 heteroatoms. The number of anilines is 3. The molecule has 0 N–H and O–H groups in total. The summed E-state index contributed by atoms with van der Waals surface area (Å²) in [6.07, 6.45) is 0. The number of fused-ring (bicyclic) bond motifs is 6. The molecule has 0 bridgehead atoms. The zero-order valence-electron chi connectivity index (χ0n) is 28.0. The molecule has 0 fully saturated rings. The maximum absolute atomic E-state index is 6.81. The molecule has 2 aromatic heterocycles. The summed E-state index contributed by atoms with van der Waals surface area (Å²) in [5.74, 6) is 1.85. The maximum atomic E-state index is 6.81. The molecule has 8 aromatic carbocycles. The molecule has 0 unspecified atom stereocenters. The molecule has 0 aliphatic carbocycles. The average Bonchev–Trinajstić information content (AvgIpc) is 3.61. The summed E-state index contributed by atoms with van der Waals surface area (Å²) in [4.78, 5) is 17.6. The van der Waals surface area contributed by atoms with Crippen LogP contribution < -0.4 is 4.90 Å². The molecule has 5 nitrogen and oxygen atoms in total. The van der Waals surface area contributed by atoms with Crippen LogP contribution in [0.15, 0.2) is 186 Å². The van der Waals surface area contributed by atoms with Crippen LogP contribution in [0.1, 0.15) is 0 Å². The number of rotatable bonds is 6. The van der Waals surface area contributed by atoms with Crippen molar-refractivity contribution >= 4 is 60.5 Å². The Kier molecular flexibility index (Phi) is 7.07. The van der Waals surface area contributed by atoms with Gasteiger partial charge < -0.3 is 9.32 Å². The van der Waals surface area contributed by atoms with Crippen molar-refractivity contribution in [2.24, 2.45) is 0 Å². The van der Waals surface area contributed by atoms with Crippen molar-refractivity contribution in [2.75, 3.05) is 4.90 Å². The van der Waals surface area contributed by atoms with E-state index in [1.54, 1.807) is 0 Å². The van der Waals surface area contributed by atoms with Crippen molar-refractivity contribution in [3.63, 3.8) is 0 Å². The van der Waals surface area contributed by atoms with Gasteiger partial charge in [0.25, 0.3) is 0 Å². The number of furan rings is 1. The number of hydrogen-bond acceptors (Lipinski definition) is 5. The van der Waals surface area contributed by atoms with Crippen LogP contribution in [0.4, 0.5) is 17.1 Å². The summed E-state index contributed by atoms with van der Waals surface area (Å²) in [5.41, 5.74) is 7.56. The Morgan fingerprint density at radius 2 is 0.942 bits per heavy atom. The highest BCUT2D eigenvalue weighted by Gasteiger charge is 2.24. The lowest BCUT2D eigenvalue weighted by atomic mass is 9.98. The normalized spacial score (nSPS) is 11.5. The van der Waals surface area contributed by atoms with Gasteiger partial charge in [0.05, 0.1) is 16.8 Å². The average molecular weight is 667 g/mol. The third-order valence-corrected chi connectivity index (χ3v) is 9.68. The summed E-state index contributed by atoms with van der Waals surface area (Å²) >= 11 is 0. The van der Waals surface area contributed by atoms with E-state index < -0.39 is 0 Å². The van der Waals surface area contributed by atoms with Gasteiger partial charge in [-0.25, -0.2) is 15.0 Å². The molecule has 0 aliphatic rings. The zero-order valence-corrected chi connectivity index (χ0v) is 28.0. The molecule has 0 saturated carbocycles. The number of nitrogens with zero attached hydrogens (tertiary/aromatic N) is 4. The first-order chi connectivity index (χ1) is 25.8. The minimum absolute atomic E-state index is 0.603. The predicted molar refractivity (Wildman–Crippen MR) is 213 cm³/mol. The van der Waals surface area contributed by atoms with E-state index in [1.807, 2.05) is 60.7 Å². The highest BCUT2D eigenvalue weighted by atomic mass is 16.3. The Morgan fingerprint density at radius 1 is 0.404 bits per heavy atom. The molecule has 2 heterocycles. The minimum Gasteiger partial charge on any atom is -0.455 e. The molecule has 0 amide bonds. The van der Waals surface area contributed by atoms with E-state index in [4.69, 9.17) is 19.4 Å². The Labute approximate surface area is 300 Å². The lowest BCUT2D eigenvalue weighted by Crippen LogP contribution is -2.10. The molecule has 10 rings (SSSR count). The summed E-state index contributed by atoms with van der Waals surface area (Å²) in [6.45, 7) is 0. The fourth-order valence-electron chi connectivity index (χ4n) is 7.32. The second-order valence-corrected chi connectivity index (χ2v) is 12.8. The van der Waals surface area contributed by atoms with E-state index in [-0.39, 0.29) is 0 Å². The monoisotopic (exact) mass is 666 g/mol. The number of hydrogen-bond donors (Lipinski definition) is 0. The maximum Gasteiger partial charge on any atom is 0.164 e. The predicted octanol–water partition coefficient (Wildman–Crippen LogP) is 12.5. The molecule has 0 radical (unpaired) electrons. The molecule has 0 spiro atoms. The topological polar surface area (TPSA) is 55.1 Å². The molecular formula is C47H30N4O. The van der Waals surface area contributed by atoms with Crippen LogP contribution in [0.3, 0.4) is 0 Å². The Hall–Kier alpha value is -7.11. The first-order valence-corrected chi connectivity index (χ1v) is 17.4. The molecular weight excluding hydrogens is 637 g/mol. The van der Waals surface area contributed by atoms with Gasteiger partial charge in [-0.05, 0) is 47.2 Å². The SMILES string of the molecule is c1ccc(-c2nc(-c3ccccc3)nc(-c3cc4c(oc5cccc(N(c6ccccc6)c6cccc7ccccc67)c54)c4ccccc34)n2)cc1. The van der Waals surface area contributed by atoms with Crippen molar-refractivity contribution in [2.45, 2.75) is 0 Å². The molecule has 10 aromatic rings. The van der Waals surface area contributed by atoms with Gasteiger partial charge >= 0.3 is 0 Å². The minimum atomic E-state index is 0.603. The van der Waals surface area contributed by atoms with Crippen LogP contribution in [-0.2, 0) is 0 Å². The van der Waals surface area contributed by atoms with Crippen molar-refractivity contribution < 1.29 is 4.42 Å². The standard InChI is InChI=1S/C47H30N4O/c1-4-17-32(18-5-1)45-48-46(33-19-6-2-7-20-33)50-47(49-45)38-30-39-43-41(28-15-29-42(43)52-44(39)37-26-13-12-25-36(37)38)51(34-22-8-3-9-23-34)40-27-14-21-31-16-10-11-24-35(31)40/h1-30H. The smallest absolute Gasteiger partial charge is 0.164 e. The Balaban J connectivity index is 1.28. The largest absolute Gasteiger partial charge is 0.455 e. The van der Waals surface area contributed by atoms with E-state index >= 15 is 0 Å². The van der Waals surface area contributed by atoms with Crippen molar-refractivity contribution in [1.82, 2.24) is 15.0 Å². The summed E-state index contributed by atoms with van der Waals surface area (Å²) < 4.78 is 6.81. The van der Waals surface area contributed by atoms with E-state index in [1.165, 1.54) is 5.39 Å². The Bertz CT molecular complexity index is 2840. The summed E-state index contributed by atoms with van der Waals surface area (Å²) in [6, 6.07) is 62.7. The molecule has 0 saturated heterocycles. The molecule has 0 aliphatic heterocycles. The van der Waals surface area contributed by atoms with E-state index in [2.05, 4.69) is 126 Å². The van der Waals surface area contributed by atoms with E-state index in [9.17, 15) is 0 Å². The lowest BCUT2D eigenvalue weighted by molar-refractivity contribution is 0.672. The van der Waals surface area contributed by atoms with Crippen LogP contribution >= 0.6 is 0 Å². The fourth-order valence-corrected chi connectivity index (χ4v) is 7.32. The molecule has 52 heavy (non-hydrogen) atoms. The first kappa shape index (κ1) is 29.8. The van der Waals surface area contributed by atoms with E-state index in [0.29, 0.717) is 17.5 Å². The third kappa shape index (κ3) is 4.98. The van der Waals surface area contributed by atoms with Crippen LogP contribution in [0.5, 0.6) is 0 Å². The fraction of sp³-hybridized carbons (Fsp3) is 0. The number of benzene rings is 8. The van der Waals surface area contributed by atoms with Crippen LogP contribution in [-0.4, -0.2) is 15.0 Å². The van der Waals surface area contributed by atoms with Gasteiger partial charge in [0.15, 0.2) is 17.5 Å². The van der Waals surface area contributed by atoms with Gasteiger partial charge in [-0.3, -0.25) is 0 Å². The molecule has 244 valence electrons. The zero-order chi connectivity index (χ0) is 34.4. The van der Waals surface area contributed by atoms with Crippen molar-refractivity contribution in [1.29, 1.82) is 0 Å². The first-order valence-electron chi connectivity index (χ1n) is 17.4. The number of para-hydroxylation sites is 1. The second-order valence-electron chi connectivity index (χ2n) is 12.8. The summed E-state index contributed by atoms with van der Waals surface area (Å²) in [7, 11) is 0. The highest BCUT2D eigenvalue weighted by molar-refractivity contribution is 6.22. The second kappa shape index (κ2) is 12.3. The molecule has 0 atom stereocenters. The highest BCUT2D eigenvalue weighted by Crippen LogP contribution is 2.47. The summed E-state index contributed by atoms with van der Waals surface area (Å²) in [5, 5.41) is 6.35. The van der Waals surface area contributed by atoms with Crippen molar-refractivity contribution in [3.05, 3.63) is 182 Å². The van der Waals surface area contributed by atoms with Gasteiger partial charge in [-0.1, -0.05) is 146 Å². The van der Waals surface area contributed by atoms with Gasteiger partial charge in [-0.15, -0.1) is 0 Å². The van der Waals surface area contributed by atoms with Gasteiger partial charge in [0.1, 0.15) is 11.2 Å². The number of aromatic nitrogens is 3. The lowest BCUT2D eigenvalue weighted by Gasteiger charge is -2.27. The van der Waals surface area contributed by atoms with Crippen LogP contribution in [0.25, 0.3) is 77.6 Å². The van der Waals surface area contributed by atoms with E-state index in [0.717, 1.165) is 71.8 Å². The van der Waals surface area contributed by atoms with Crippen molar-refractivity contribution in [3.8, 4) is 34.2 Å². The van der Waals surface area contributed by atoms with Gasteiger partial charge in [0.2, 0.25) is 0 Å². The quantitative estimate of drug-likeness (QED) is 0.177. The van der Waals surface area contributed by atoms with Crippen LogP contribution in [0, 0.1) is 0 Å².